The summed E-state index contributed by atoms with van der Waals surface area (Å²) < 4.78 is 4.13. The molecule has 0 aliphatic carbocycles. The maximum atomic E-state index is 12.6. The molecule has 4 rings (SSSR count). The molecule has 2 heterocycles. The second-order valence-corrected chi connectivity index (χ2v) is 7.34. The lowest BCUT2D eigenvalue weighted by Gasteiger charge is -2.12. The molecule has 0 saturated heterocycles. The second kappa shape index (κ2) is 6.17. The maximum Gasteiger partial charge on any atom is 0.264 e. The van der Waals surface area contributed by atoms with Crippen molar-refractivity contribution >= 4 is 23.4 Å². The molecule has 25 heavy (non-hydrogen) atoms. The predicted octanol–water partition coefficient (Wildman–Crippen LogP) is 4.72. The van der Waals surface area contributed by atoms with Crippen molar-refractivity contribution in [2.75, 3.05) is 0 Å². The van der Waals surface area contributed by atoms with Crippen LogP contribution in [-0.4, -0.2) is 14.3 Å². The summed E-state index contributed by atoms with van der Waals surface area (Å²) in [5, 5.41) is 0.681. The molecule has 0 amide bonds. The molecule has 0 atom stereocenters. The van der Waals surface area contributed by atoms with Gasteiger partial charge in [-0.05, 0) is 43.3 Å². The number of nitrogens with zero attached hydrogens (tertiary/aromatic N) is 2. The molecular formula is C19H16ClN3OS. The highest BCUT2D eigenvalue weighted by Gasteiger charge is 2.26. The Balaban J connectivity index is 1.92. The molecule has 1 N–H and O–H groups in total. The fourth-order valence-electron chi connectivity index (χ4n) is 2.96. The van der Waals surface area contributed by atoms with E-state index in [1.54, 1.807) is 0 Å². The van der Waals surface area contributed by atoms with Crippen molar-refractivity contribution in [1.29, 1.82) is 0 Å². The summed E-state index contributed by atoms with van der Waals surface area (Å²) in [4.78, 5) is 17.3. The van der Waals surface area contributed by atoms with Crippen molar-refractivity contribution in [3.05, 3.63) is 75.7 Å². The van der Waals surface area contributed by atoms with Gasteiger partial charge in [0, 0.05) is 17.0 Å². The molecule has 2 aromatic rings. The van der Waals surface area contributed by atoms with Crippen molar-refractivity contribution < 1.29 is 0 Å². The van der Waals surface area contributed by atoms with Crippen LogP contribution in [0.5, 0.6) is 0 Å². The average molecular weight is 370 g/mol. The minimum Gasteiger partial charge on any atom is -0.318 e. The van der Waals surface area contributed by atoms with Crippen molar-refractivity contribution in [2.24, 2.45) is 7.05 Å². The molecule has 4 nitrogen and oxygen atoms in total. The lowest BCUT2D eigenvalue weighted by Crippen LogP contribution is -2.10. The van der Waals surface area contributed by atoms with Crippen LogP contribution in [0.1, 0.15) is 5.69 Å². The summed E-state index contributed by atoms with van der Waals surface area (Å²) >= 11 is 7.42. The number of nitrogens with one attached hydrogen (secondary N) is 1. The molecule has 126 valence electrons. The first-order valence-electron chi connectivity index (χ1n) is 7.85. The van der Waals surface area contributed by atoms with Crippen molar-refractivity contribution in [3.8, 4) is 17.1 Å². The molecular weight excluding hydrogens is 354 g/mol. The lowest BCUT2D eigenvalue weighted by molar-refractivity contribution is 0.646. The third-order valence-electron chi connectivity index (χ3n) is 4.29. The van der Waals surface area contributed by atoms with Crippen LogP contribution >= 0.6 is 23.4 Å². The van der Waals surface area contributed by atoms with Crippen molar-refractivity contribution in [1.82, 2.24) is 14.3 Å². The summed E-state index contributed by atoms with van der Waals surface area (Å²) in [6.45, 7) is 2.01. The van der Waals surface area contributed by atoms with Gasteiger partial charge in [-0.25, -0.2) is 0 Å². The van der Waals surface area contributed by atoms with Crippen LogP contribution in [-0.2, 0) is 7.05 Å². The van der Waals surface area contributed by atoms with Gasteiger partial charge >= 0.3 is 0 Å². The Morgan fingerprint density at radius 2 is 1.72 bits per heavy atom. The monoisotopic (exact) mass is 369 g/mol. The highest BCUT2D eigenvalue weighted by atomic mass is 35.5. The van der Waals surface area contributed by atoms with E-state index in [2.05, 4.69) is 14.3 Å². The topological polar surface area (TPSA) is 42.7 Å². The van der Waals surface area contributed by atoms with E-state index in [9.17, 15) is 4.79 Å². The molecule has 2 aromatic carbocycles. The maximum absolute atomic E-state index is 12.6. The minimum atomic E-state index is -0.0710. The summed E-state index contributed by atoms with van der Waals surface area (Å²) in [6.07, 6.45) is 0. The summed E-state index contributed by atoms with van der Waals surface area (Å²) in [5.41, 5.74) is 3.72. The van der Waals surface area contributed by atoms with E-state index < -0.39 is 0 Å². The molecule has 0 spiro atoms. The van der Waals surface area contributed by atoms with Gasteiger partial charge in [-0.2, -0.15) is 0 Å². The molecule has 0 bridgehead atoms. The third kappa shape index (κ3) is 2.69. The first-order chi connectivity index (χ1) is 12.1. The summed E-state index contributed by atoms with van der Waals surface area (Å²) in [6, 6.07) is 17.6. The fraction of sp³-hybridized carbons (Fsp3) is 0.105. The number of aromatic nitrogens is 3. The highest BCUT2D eigenvalue weighted by Crippen LogP contribution is 2.38. The zero-order valence-corrected chi connectivity index (χ0v) is 15.4. The smallest absolute Gasteiger partial charge is 0.264 e. The Bertz CT molecular complexity index is 1060. The van der Waals surface area contributed by atoms with Gasteiger partial charge in [0.15, 0.2) is 0 Å². The van der Waals surface area contributed by atoms with Gasteiger partial charge in [0.2, 0.25) is 0 Å². The van der Waals surface area contributed by atoms with Crippen LogP contribution < -0.4 is 5.56 Å². The zero-order valence-electron chi connectivity index (χ0n) is 13.8. The molecule has 0 radical (unpaired) electrons. The van der Waals surface area contributed by atoms with Crippen molar-refractivity contribution in [2.45, 2.75) is 16.7 Å². The quantitative estimate of drug-likeness (QED) is 0.567. The first kappa shape index (κ1) is 16.1. The Hall–Kier alpha value is -2.37. The largest absolute Gasteiger partial charge is 0.318 e. The number of hydrogen-bond acceptors (Lipinski definition) is 2. The second-order valence-electron chi connectivity index (χ2n) is 5.82. The van der Waals surface area contributed by atoms with E-state index in [1.807, 2.05) is 68.6 Å². The lowest BCUT2D eigenvalue weighted by atomic mass is 10.2. The molecule has 2 aliphatic rings. The first-order valence-corrected chi connectivity index (χ1v) is 9.05. The molecule has 6 heteroatoms. The fourth-order valence-corrected chi connectivity index (χ4v) is 4.03. The van der Waals surface area contributed by atoms with Gasteiger partial charge in [-0.1, -0.05) is 41.6 Å². The average Bonchev–Trinajstić information content (AvgIpc) is 3.05. The standard InChI is InChI=1S/C19H16ClN3OS/c1-12-16-17(23(22(12)2)14-6-4-3-5-7-14)18(19(24)21-16)25-15-10-8-13(20)9-11-15/h3-11H,1-2H3,(H,21,24). The summed E-state index contributed by atoms with van der Waals surface area (Å²) in [5.74, 6) is 0. The number of benzene rings is 2. The molecule has 2 aliphatic heterocycles. The van der Waals surface area contributed by atoms with Gasteiger partial charge in [0.05, 0.1) is 17.1 Å². The molecule has 0 aromatic heterocycles. The van der Waals surface area contributed by atoms with Crippen LogP contribution in [0, 0.1) is 6.92 Å². The SMILES string of the molecule is Cc1c2[nH]c(=O)c(Sc3ccc(Cl)cc3)c-2n(-c2ccccc2)n1C. The Morgan fingerprint density at radius 1 is 1.04 bits per heavy atom. The molecule has 0 unspecified atom stereocenters. The van der Waals surface area contributed by atoms with Gasteiger partial charge < -0.3 is 4.98 Å². The Labute approximate surface area is 154 Å². The van der Waals surface area contributed by atoms with E-state index >= 15 is 0 Å². The predicted molar refractivity (Wildman–Crippen MR) is 102 cm³/mol. The van der Waals surface area contributed by atoms with E-state index in [0.29, 0.717) is 9.92 Å². The number of aromatic amines is 1. The van der Waals surface area contributed by atoms with Gasteiger partial charge in [0.1, 0.15) is 10.6 Å². The normalized spacial score (nSPS) is 11.3. The van der Waals surface area contributed by atoms with Gasteiger partial charge in [0.25, 0.3) is 5.56 Å². The number of rotatable bonds is 3. The summed E-state index contributed by atoms with van der Waals surface area (Å²) in [7, 11) is 2.00. The molecule has 0 fully saturated rings. The number of para-hydroxylation sites is 1. The highest BCUT2D eigenvalue weighted by molar-refractivity contribution is 7.99. The van der Waals surface area contributed by atoms with E-state index in [4.69, 9.17) is 11.6 Å². The third-order valence-corrected chi connectivity index (χ3v) is 5.63. The van der Waals surface area contributed by atoms with E-state index in [1.165, 1.54) is 11.8 Å². The van der Waals surface area contributed by atoms with Crippen LogP contribution in [0.3, 0.4) is 0 Å². The van der Waals surface area contributed by atoms with Crippen LogP contribution in [0.4, 0.5) is 0 Å². The van der Waals surface area contributed by atoms with E-state index in [-0.39, 0.29) is 5.56 Å². The number of hydrogen-bond donors (Lipinski definition) is 1. The molecule has 0 saturated carbocycles. The van der Waals surface area contributed by atoms with Gasteiger partial charge in [-0.3, -0.25) is 14.2 Å². The van der Waals surface area contributed by atoms with Crippen molar-refractivity contribution in [3.63, 3.8) is 0 Å². The number of halogens is 1. The Morgan fingerprint density at radius 3 is 2.40 bits per heavy atom. The minimum absolute atomic E-state index is 0.0710. The van der Waals surface area contributed by atoms with Crippen LogP contribution in [0.2, 0.25) is 5.02 Å². The van der Waals surface area contributed by atoms with Crippen LogP contribution in [0.15, 0.2) is 69.2 Å². The van der Waals surface area contributed by atoms with Crippen LogP contribution in [0.25, 0.3) is 17.1 Å². The van der Waals surface area contributed by atoms with Gasteiger partial charge in [-0.15, -0.1) is 0 Å². The number of fused-ring (bicyclic) bond motifs is 1. The number of H-pyrrole nitrogens is 1. The zero-order chi connectivity index (χ0) is 17.6. The Kier molecular flexibility index (Phi) is 3.98. The van der Waals surface area contributed by atoms with E-state index in [0.717, 1.165) is 27.7 Å².